The molecule has 2 amide bonds. The van der Waals surface area contributed by atoms with Crippen molar-refractivity contribution < 1.29 is 13.6 Å². The molecule has 1 aliphatic rings. The Morgan fingerprint density at radius 2 is 1.79 bits per heavy atom. The van der Waals surface area contributed by atoms with Crippen LogP contribution in [0, 0.1) is 5.82 Å². The van der Waals surface area contributed by atoms with Crippen molar-refractivity contribution in [1.29, 1.82) is 0 Å². The van der Waals surface area contributed by atoms with Crippen molar-refractivity contribution in [3.05, 3.63) is 64.8 Å². The summed E-state index contributed by atoms with van der Waals surface area (Å²) in [5.41, 5.74) is 0.679. The average Bonchev–Trinajstić information content (AvgIpc) is 3.17. The lowest BCUT2D eigenvalue weighted by atomic mass is 10.1. The molecule has 0 saturated heterocycles. The third kappa shape index (κ3) is 3.83. The van der Waals surface area contributed by atoms with Crippen molar-refractivity contribution in [2.24, 2.45) is 0 Å². The fraction of sp³-hybridized carbons (Fsp3) is 0.238. The molecular weight excluding hydrogens is 361 g/mol. The molecule has 4 rings (SSSR count). The van der Waals surface area contributed by atoms with Gasteiger partial charge in [0.25, 0.3) is 0 Å². The van der Waals surface area contributed by atoms with Crippen molar-refractivity contribution >= 4 is 34.1 Å². The second-order valence-corrected chi connectivity index (χ2v) is 6.85. The van der Waals surface area contributed by atoms with E-state index in [0.29, 0.717) is 11.3 Å². The molecule has 0 unspecified atom stereocenters. The second kappa shape index (κ2) is 7.72. The number of hydrogen-bond donors (Lipinski definition) is 3. The summed E-state index contributed by atoms with van der Waals surface area (Å²) in [4.78, 5) is 25.0. The van der Waals surface area contributed by atoms with Crippen LogP contribution in [0.5, 0.6) is 0 Å². The highest BCUT2D eigenvalue weighted by atomic mass is 19.1. The van der Waals surface area contributed by atoms with Gasteiger partial charge in [-0.25, -0.2) is 14.0 Å². The third-order valence-electron chi connectivity index (χ3n) is 4.84. The molecule has 0 radical (unpaired) electrons. The summed E-state index contributed by atoms with van der Waals surface area (Å²) in [6.45, 7) is 0. The zero-order valence-corrected chi connectivity index (χ0v) is 15.1. The highest BCUT2D eigenvalue weighted by Crippen LogP contribution is 2.32. The van der Waals surface area contributed by atoms with Crippen molar-refractivity contribution in [2.45, 2.75) is 31.7 Å². The monoisotopic (exact) mass is 381 g/mol. The molecule has 144 valence electrons. The molecule has 6 nitrogen and oxygen atoms in total. The van der Waals surface area contributed by atoms with Crippen LogP contribution in [-0.4, -0.2) is 12.1 Å². The number of hydrogen-bond acceptors (Lipinski definition) is 4. The van der Waals surface area contributed by atoms with E-state index in [1.165, 1.54) is 18.2 Å². The third-order valence-corrected chi connectivity index (χ3v) is 4.84. The van der Waals surface area contributed by atoms with E-state index in [-0.39, 0.29) is 17.4 Å². The van der Waals surface area contributed by atoms with Gasteiger partial charge in [0.1, 0.15) is 11.4 Å². The van der Waals surface area contributed by atoms with Gasteiger partial charge < -0.3 is 15.1 Å². The van der Waals surface area contributed by atoms with Crippen molar-refractivity contribution in [2.75, 3.05) is 16.0 Å². The molecule has 1 aromatic heterocycles. The van der Waals surface area contributed by atoms with Crippen molar-refractivity contribution in [3.8, 4) is 0 Å². The number of amides is 2. The normalized spacial score (nSPS) is 14.2. The van der Waals surface area contributed by atoms with Crippen LogP contribution in [0.2, 0.25) is 0 Å². The maximum absolute atomic E-state index is 13.3. The van der Waals surface area contributed by atoms with Gasteiger partial charge >= 0.3 is 11.7 Å². The van der Waals surface area contributed by atoms with Gasteiger partial charge in [0.2, 0.25) is 0 Å². The topological polar surface area (TPSA) is 83.4 Å². The summed E-state index contributed by atoms with van der Waals surface area (Å²) < 4.78 is 18.7. The molecule has 0 bridgehead atoms. The fourth-order valence-corrected chi connectivity index (χ4v) is 3.53. The van der Waals surface area contributed by atoms with E-state index in [9.17, 15) is 14.0 Å². The molecule has 0 aliphatic heterocycles. The first-order valence-electron chi connectivity index (χ1n) is 9.26. The summed E-state index contributed by atoms with van der Waals surface area (Å²) in [5, 5.41) is 9.23. The number of benzene rings is 2. The Balaban J connectivity index is 1.67. The highest BCUT2D eigenvalue weighted by Gasteiger charge is 2.21. The van der Waals surface area contributed by atoms with Crippen LogP contribution in [0.3, 0.4) is 0 Å². The molecule has 28 heavy (non-hydrogen) atoms. The number of nitrogens with one attached hydrogen (secondary N) is 3. The van der Waals surface area contributed by atoms with Crippen molar-refractivity contribution in [1.82, 2.24) is 0 Å². The maximum atomic E-state index is 13.3. The minimum atomic E-state index is -0.650. The van der Waals surface area contributed by atoms with Crippen LogP contribution < -0.4 is 21.6 Å². The fourth-order valence-electron chi connectivity index (χ4n) is 3.53. The Morgan fingerprint density at radius 3 is 2.57 bits per heavy atom. The van der Waals surface area contributed by atoms with Gasteiger partial charge in [0.05, 0.1) is 5.69 Å². The van der Waals surface area contributed by atoms with E-state index in [2.05, 4.69) is 16.0 Å². The maximum Gasteiger partial charge on any atom is 0.362 e. The number of para-hydroxylation sites is 1. The van der Waals surface area contributed by atoms with Gasteiger partial charge in [-0.2, -0.15) is 0 Å². The number of halogens is 1. The number of carbonyl (C=O) groups excluding carboxylic acids is 1. The second-order valence-electron chi connectivity index (χ2n) is 6.85. The Hall–Kier alpha value is -3.35. The number of anilines is 3. The minimum absolute atomic E-state index is 0.0412. The van der Waals surface area contributed by atoms with Gasteiger partial charge in [0, 0.05) is 17.1 Å². The molecule has 1 saturated carbocycles. The number of fused-ring (bicyclic) bond motifs is 1. The van der Waals surface area contributed by atoms with E-state index in [4.69, 9.17) is 4.42 Å². The molecule has 7 heteroatoms. The van der Waals surface area contributed by atoms with E-state index < -0.39 is 17.5 Å². The summed E-state index contributed by atoms with van der Waals surface area (Å²) in [7, 11) is 0. The van der Waals surface area contributed by atoms with Gasteiger partial charge in [0.15, 0.2) is 5.69 Å². The molecule has 2 aromatic carbocycles. The van der Waals surface area contributed by atoms with Crippen LogP contribution in [0.1, 0.15) is 25.7 Å². The first kappa shape index (κ1) is 18.0. The molecule has 1 aliphatic carbocycles. The molecule has 3 N–H and O–H groups in total. The predicted octanol–water partition coefficient (Wildman–Crippen LogP) is 4.93. The van der Waals surface area contributed by atoms with Gasteiger partial charge in [-0.1, -0.05) is 31.0 Å². The molecule has 1 fully saturated rings. The largest absolute Gasteiger partial charge is 0.421 e. The molecule has 1 heterocycles. The van der Waals surface area contributed by atoms with E-state index in [1.54, 1.807) is 18.2 Å². The van der Waals surface area contributed by atoms with Crippen LogP contribution in [0.15, 0.2) is 57.7 Å². The van der Waals surface area contributed by atoms with Crippen LogP contribution in [0.4, 0.5) is 26.2 Å². The molecule has 3 aromatic rings. The number of rotatable bonds is 4. The van der Waals surface area contributed by atoms with Crippen LogP contribution in [0.25, 0.3) is 11.0 Å². The standard InChI is InChI=1S/C21H20FN3O3/c22-13-6-5-9-15(12-13)24-21(27)25-19-18(23-14-7-1-2-8-14)16-10-3-4-11-17(16)28-20(19)26/h3-6,9-12,14,23H,1-2,7-8H2,(H2,24,25,27). The van der Waals surface area contributed by atoms with Gasteiger partial charge in [-0.05, 0) is 43.2 Å². The van der Waals surface area contributed by atoms with Crippen LogP contribution in [-0.2, 0) is 0 Å². The summed E-state index contributed by atoms with van der Waals surface area (Å²) in [6, 6.07) is 12.3. The number of carbonyl (C=O) groups is 1. The lowest BCUT2D eigenvalue weighted by molar-refractivity contribution is 0.262. The number of urea groups is 1. The average molecular weight is 381 g/mol. The van der Waals surface area contributed by atoms with E-state index in [0.717, 1.165) is 31.1 Å². The Kier molecular flexibility index (Phi) is 4.97. The SMILES string of the molecule is O=C(Nc1cccc(F)c1)Nc1c(NC2CCCC2)c2ccccc2oc1=O. The summed E-state index contributed by atoms with van der Waals surface area (Å²) >= 11 is 0. The lowest BCUT2D eigenvalue weighted by Crippen LogP contribution is -2.26. The zero-order chi connectivity index (χ0) is 19.5. The first-order chi connectivity index (χ1) is 13.6. The summed E-state index contributed by atoms with van der Waals surface area (Å²) in [5.74, 6) is -0.466. The van der Waals surface area contributed by atoms with Gasteiger partial charge in [-0.15, -0.1) is 0 Å². The molecule has 0 spiro atoms. The quantitative estimate of drug-likeness (QED) is 0.560. The Labute approximate surface area is 160 Å². The first-order valence-corrected chi connectivity index (χ1v) is 9.26. The Morgan fingerprint density at radius 1 is 1.00 bits per heavy atom. The highest BCUT2D eigenvalue weighted by molar-refractivity contribution is 6.05. The van der Waals surface area contributed by atoms with Crippen molar-refractivity contribution in [3.63, 3.8) is 0 Å². The van der Waals surface area contributed by atoms with E-state index >= 15 is 0 Å². The summed E-state index contributed by atoms with van der Waals surface area (Å²) in [6.07, 6.45) is 4.26. The smallest absolute Gasteiger partial charge is 0.362 e. The minimum Gasteiger partial charge on any atom is -0.421 e. The van der Waals surface area contributed by atoms with E-state index in [1.807, 2.05) is 12.1 Å². The molecular formula is C21H20FN3O3. The lowest BCUT2D eigenvalue weighted by Gasteiger charge is -2.18. The molecule has 0 atom stereocenters. The predicted molar refractivity (Wildman–Crippen MR) is 107 cm³/mol. The van der Waals surface area contributed by atoms with Gasteiger partial charge in [-0.3, -0.25) is 5.32 Å². The zero-order valence-electron chi connectivity index (χ0n) is 15.1. The Bertz CT molecular complexity index is 1070. The van der Waals surface area contributed by atoms with Crippen LogP contribution >= 0.6 is 0 Å².